The van der Waals surface area contributed by atoms with Crippen LogP contribution in [0.15, 0.2) is 151 Å². The number of carbonyl (C=O) groups is 3. The van der Waals surface area contributed by atoms with Crippen molar-refractivity contribution in [3.8, 4) is 6.07 Å². The van der Waals surface area contributed by atoms with Crippen molar-refractivity contribution in [1.82, 2.24) is 0 Å². The highest BCUT2D eigenvalue weighted by atomic mass is 19.1. The number of carboxylic acids is 2. The van der Waals surface area contributed by atoms with Crippen LogP contribution in [0.3, 0.4) is 0 Å². The Labute approximate surface area is 324 Å². The number of aldehydes is 1. The zero-order valence-electron chi connectivity index (χ0n) is 29.6. The minimum Gasteiger partial charge on any atom is -0.477 e. The molecule has 0 radical (unpaired) electrons. The van der Waals surface area contributed by atoms with Crippen molar-refractivity contribution in [2.24, 2.45) is 0 Å². The Bertz CT molecular complexity index is 2300. The van der Waals surface area contributed by atoms with Crippen LogP contribution in [0.2, 0.25) is 0 Å². The summed E-state index contributed by atoms with van der Waals surface area (Å²) in [5.74, 6) is -3.77. The summed E-state index contributed by atoms with van der Waals surface area (Å²) in [5, 5.41) is 25.5. The third kappa shape index (κ3) is 12.2. The molecule has 0 bridgehead atoms. The number of hydrogen-bond donors (Lipinski definition) is 2. The summed E-state index contributed by atoms with van der Waals surface area (Å²) < 4.78 is 53.1. The van der Waals surface area contributed by atoms with Crippen LogP contribution in [0, 0.1) is 41.2 Å². The van der Waals surface area contributed by atoms with E-state index in [1.165, 1.54) is 54.6 Å². The van der Waals surface area contributed by atoms with Gasteiger partial charge in [-0.3, -0.25) is 4.79 Å². The molecular weight excluding hydrogens is 740 g/mol. The van der Waals surface area contributed by atoms with Gasteiger partial charge in [-0.25, -0.2) is 33.7 Å². The van der Waals surface area contributed by atoms with E-state index in [1.54, 1.807) is 108 Å². The first-order valence-electron chi connectivity index (χ1n) is 16.6. The highest BCUT2D eigenvalue weighted by molar-refractivity contribution is 5.96. The molecule has 0 saturated carbocycles. The van der Waals surface area contributed by atoms with Gasteiger partial charge in [0.2, 0.25) is 0 Å². The Balaban J connectivity index is 0.000000224. The molecule has 0 aliphatic heterocycles. The molecule has 0 spiro atoms. The first-order valence-corrected chi connectivity index (χ1v) is 16.6. The van der Waals surface area contributed by atoms with E-state index in [-0.39, 0.29) is 28.8 Å². The average Bonchev–Trinajstić information content (AvgIpc) is 3.21. The molecule has 13 heteroatoms. The first-order chi connectivity index (χ1) is 27.4. The van der Waals surface area contributed by atoms with Crippen molar-refractivity contribution < 1.29 is 42.2 Å². The van der Waals surface area contributed by atoms with Crippen LogP contribution in [-0.4, -0.2) is 35.0 Å². The number of carboxylic acid groups (broad SMARTS) is 2. The van der Waals surface area contributed by atoms with Crippen LogP contribution in [0.1, 0.15) is 15.9 Å². The molecule has 0 atom stereocenters. The predicted molar refractivity (Wildman–Crippen MR) is 208 cm³/mol. The molecule has 0 aromatic heterocycles. The highest BCUT2D eigenvalue weighted by Gasteiger charge is 2.14. The van der Waals surface area contributed by atoms with Crippen LogP contribution >= 0.6 is 0 Å². The number of nitrogens with zero attached hydrogens (tertiary/aromatic N) is 4. The molecule has 0 fully saturated rings. The molecule has 0 saturated heterocycles. The van der Waals surface area contributed by atoms with E-state index < -0.39 is 18.5 Å². The summed E-state index contributed by atoms with van der Waals surface area (Å²) >= 11 is 0. The average molecular weight is 771 g/mol. The summed E-state index contributed by atoms with van der Waals surface area (Å²) in [6, 6.07) is 39.2. The molecule has 0 amide bonds. The smallest absolute Gasteiger partial charge is 0.384 e. The molecular formula is C44H30F4N4O5. The number of benzene rings is 6. The fraction of sp³-hybridized carbons (Fsp3) is 0.0227. The van der Waals surface area contributed by atoms with Crippen molar-refractivity contribution in [1.29, 1.82) is 5.26 Å². The zero-order chi connectivity index (χ0) is 41.3. The van der Waals surface area contributed by atoms with Gasteiger partial charge >= 0.3 is 18.5 Å². The van der Waals surface area contributed by atoms with Crippen LogP contribution in [-0.2, 0) is 9.59 Å². The topological polar surface area (TPSA) is 126 Å². The Hall–Kier alpha value is -8.03. The number of anilines is 6. The van der Waals surface area contributed by atoms with Crippen molar-refractivity contribution in [3.63, 3.8) is 0 Å². The lowest BCUT2D eigenvalue weighted by Gasteiger charge is -2.25. The van der Waals surface area contributed by atoms with Crippen molar-refractivity contribution >= 4 is 58.4 Å². The second-order valence-electron chi connectivity index (χ2n) is 11.6. The first kappa shape index (κ1) is 41.7. The number of carbonyl (C=O) groups excluding carboxylic acids is 1. The second kappa shape index (κ2) is 20.4. The molecule has 6 aromatic rings. The van der Waals surface area contributed by atoms with Gasteiger partial charge in [0, 0.05) is 39.7 Å². The summed E-state index contributed by atoms with van der Waals surface area (Å²) in [6.07, 6.45) is 2.04. The van der Waals surface area contributed by atoms with Gasteiger partial charge in [0.15, 0.2) is 0 Å². The number of nitriles is 1. The fourth-order valence-corrected chi connectivity index (χ4v) is 5.05. The summed E-state index contributed by atoms with van der Waals surface area (Å²) in [4.78, 5) is 37.4. The van der Waals surface area contributed by atoms with E-state index >= 15 is 0 Å². The lowest BCUT2D eigenvalue weighted by atomic mass is 10.1. The SMILES string of the molecule is N#C/C(=C\c1ccc(N(c2ccc(F)cc2)c2ccc(F)cc2)cc1)C(=O)O.O=Cc1ccc(N(c2ccc(F)cc2)c2ccc(F)cc2)cc1.[C-]#[N+]CC(=O)O. The molecule has 2 N–H and O–H groups in total. The Morgan fingerprint density at radius 3 is 1.05 bits per heavy atom. The quantitative estimate of drug-likeness (QED) is 0.0464. The Morgan fingerprint density at radius 1 is 0.561 bits per heavy atom. The van der Waals surface area contributed by atoms with E-state index in [0.717, 1.165) is 23.3 Å². The second-order valence-corrected chi connectivity index (χ2v) is 11.6. The monoisotopic (exact) mass is 770 g/mol. The fourth-order valence-electron chi connectivity index (χ4n) is 5.05. The van der Waals surface area contributed by atoms with Gasteiger partial charge in [-0.1, -0.05) is 12.1 Å². The van der Waals surface area contributed by atoms with E-state index in [1.807, 2.05) is 4.90 Å². The van der Waals surface area contributed by atoms with Crippen molar-refractivity contribution in [2.75, 3.05) is 16.3 Å². The zero-order valence-corrected chi connectivity index (χ0v) is 29.6. The molecule has 9 nitrogen and oxygen atoms in total. The lowest BCUT2D eigenvalue weighted by molar-refractivity contribution is -0.135. The van der Waals surface area contributed by atoms with Gasteiger partial charge in [0.25, 0.3) is 0 Å². The maximum absolute atomic E-state index is 13.3. The van der Waals surface area contributed by atoms with Gasteiger partial charge in [-0.05, 0) is 145 Å². The molecule has 0 unspecified atom stereocenters. The number of halogens is 4. The van der Waals surface area contributed by atoms with Crippen LogP contribution < -0.4 is 9.80 Å². The number of hydrogen-bond acceptors (Lipinski definition) is 6. The van der Waals surface area contributed by atoms with Gasteiger partial charge in [-0.2, -0.15) is 5.26 Å². The number of aliphatic carboxylic acids is 2. The van der Waals surface area contributed by atoms with Crippen LogP contribution in [0.25, 0.3) is 10.9 Å². The maximum Gasteiger partial charge on any atom is 0.384 e. The molecule has 284 valence electrons. The minimum atomic E-state index is -1.30. The van der Waals surface area contributed by atoms with Crippen LogP contribution in [0.5, 0.6) is 0 Å². The molecule has 0 aliphatic carbocycles. The van der Waals surface area contributed by atoms with Gasteiger partial charge in [0.1, 0.15) is 41.2 Å². The Kier molecular flexibility index (Phi) is 15.0. The maximum atomic E-state index is 13.3. The van der Waals surface area contributed by atoms with E-state index in [4.69, 9.17) is 22.0 Å². The van der Waals surface area contributed by atoms with E-state index in [9.17, 15) is 31.9 Å². The summed E-state index contributed by atoms with van der Waals surface area (Å²) in [5.41, 5.74) is 5.01. The van der Waals surface area contributed by atoms with Crippen molar-refractivity contribution in [2.45, 2.75) is 0 Å². The molecule has 0 heterocycles. The van der Waals surface area contributed by atoms with Crippen LogP contribution in [0.4, 0.5) is 51.7 Å². The highest BCUT2D eigenvalue weighted by Crippen LogP contribution is 2.36. The third-order valence-corrected chi connectivity index (χ3v) is 7.65. The van der Waals surface area contributed by atoms with Gasteiger partial charge in [0.05, 0.1) is 0 Å². The van der Waals surface area contributed by atoms with Gasteiger partial charge in [-0.15, -0.1) is 0 Å². The molecule has 0 aliphatic rings. The predicted octanol–water partition coefficient (Wildman–Crippen LogP) is 10.7. The van der Waals surface area contributed by atoms with E-state index in [0.29, 0.717) is 28.2 Å². The minimum absolute atomic E-state index is 0.330. The van der Waals surface area contributed by atoms with Gasteiger partial charge < -0.3 is 24.9 Å². The number of rotatable bonds is 10. The molecule has 57 heavy (non-hydrogen) atoms. The third-order valence-electron chi connectivity index (χ3n) is 7.65. The van der Waals surface area contributed by atoms with E-state index in [2.05, 4.69) is 4.85 Å². The lowest BCUT2D eigenvalue weighted by Crippen LogP contribution is -2.10. The normalized spacial score (nSPS) is 10.2. The summed E-state index contributed by atoms with van der Waals surface area (Å²) in [7, 11) is 0. The largest absolute Gasteiger partial charge is 0.477 e. The Morgan fingerprint density at radius 2 is 0.842 bits per heavy atom. The van der Waals surface area contributed by atoms with Crippen molar-refractivity contribution in [3.05, 3.63) is 197 Å². The summed E-state index contributed by atoms with van der Waals surface area (Å²) in [6.45, 7) is 5.56. The standard InChI is InChI=1S/C22H14F2N2O2.C19H13F2NO.C3H3NO2/c23-17-3-9-20(10-4-17)26(21-11-5-18(24)6-12-21)19-7-1-15(2-8-19)13-16(14-25)22(27)28;20-15-3-9-18(10-4-15)22(19-11-5-16(21)6-12-19)17-7-1-14(13-23)2-8-17;1-4-2-3(5)6/h1-13H,(H,27,28);1-13H;2H2,(H,5,6)/b16-13+;;. The molecule has 6 rings (SSSR count). The molecule has 6 aromatic carbocycles.